The number of benzene rings is 1. The molecule has 4 nitrogen and oxygen atoms in total. The van der Waals surface area contributed by atoms with Gasteiger partial charge in [-0.15, -0.1) is 0 Å². The Bertz CT molecular complexity index is 465. The smallest absolute Gasteiger partial charge is 0.237 e. The van der Waals surface area contributed by atoms with E-state index in [1.54, 1.807) is 31.2 Å². The maximum Gasteiger partial charge on any atom is 0.237 e. The Kier molecular flexibility index (Phi) is 5.99. The Balaban J connectivity index is 2.70. The molecule has 0 spiro atoms. The standard InChI is InChI=1S/C15H23ClN2O2/c1-10(2)8-15(3,14(17)20)18-9-13(19)11-5-4-6-12(16)7-11/h4-7,10,13,18-19H,8-9H2,1-3H3,(H2,17,20). The average Bonchev–Trinajstić information content (AvgIpc) is 2.35. The van der Waals surface area contributed by atoms with Crippen molar-refractivity contribution in [1.82, 2.24) is 5.32 Å². The largest absolute Gasteiger partial charge is 0.387 e. The van der Waals surface area contributed by atoms with Crippen LogP contribution in [0.1, 0.15) is 38.9 Å². The number of carbonyl (C=O) groups is 1. The summed E-state index contributed by atoms with van der Waals surface area (Å²) in [5, 5.41) is 13.8. The van der Waals surface area contributed by atoms with Crippen LogP contribution in [0, 0.1) is 5.92 Å². The third-order valence-electron chi connectivity index (χ3n) is 3.28. The Morgan fingerprint density at radius 2 is 2.15 bits per heavy atom. The van der Waals surface area contributed by atoms with E-state index in [4.69, 9.17) is 17.3 Å². The molecule has 0 saturated carbocycles. The highest BCUT2D eigenvalue weighted by atomic mass is 35.5. The lowest BCUT2D eigenvalue weighted by atomic mass is 9.89. The van der Waals surface area contributed by atoms with Crippen molar-refractivity contribution in [1.29, 1.82) is 0 Å². The lowest BCUT2D eigenvalue weighted by Gasteiger charge is -2.30. The predicted octanol–water partition coefficient (Wildman–Crippen LogP) is 2.25. The molecular formula is C15H23ClN2O2. The van der Waals surface area contributed by atoms with Crippen molar-refractivity contribution < 1.29 is 9.90 Å². The number of rotatable bonds is 7. The van der Waals surface area contributed by atoms with Gasteiger partial charge in [0.25, 0.3) is 0 Å². The molecule has 0 aliphatic carbocycles. The minimum Gasteiger partial charge on any atom is -0.387 e. The van der Waals surface area contributed by atoms with Crippen LogP contribution < -0.4 is 11.1 Å². The van der Waals surface area contributed by atoms with Crippen LogP contribution in [0.4, 0.5) is 0 Å². The lowest BCUT2D eigenvalue weighted by Crippen LogP contribution is -2.54. The fraction of sp³-hybridized carbons (Fsp3) is 0.533. The number of hydrogen-bond acceptors (Lipinski definition) is 3. The Labute approximate surface area is 125 Å². The van der Waals surface area contributed by atoms with Crippen LogP contribution >= 0.6 is 11.6 Å². The van der Waals surface area contributed by atoms with Crippen molar-refractivity contribution in [3.8, 4) is 0 Å². The van der Waals surface area contributed by atoms with E-state index in [9.17, 15) is 9.90 Å². The molecule has 1 aromatic rings. The number of nitrogens with two attached hydrogens (primary N) is 1. The molecule has 1 amide bonds. The molecule has 20 heavy (non-hydrogen) atoms. The van der Waals surface area contributed by atoms with Crippen LogP contribution in [0.2, 0.25) is 5.02 Å². The highest BCUT2D eigenvalue weighted by molar-refractivity contribution is 6.30. The number of aliphatic hydroxyl groups excluding tert-OH is 1. The van der Waals surface area contributed by atoms with Gasteiger partial charge in [-0.3, -0.25) is 4.79 Å². The summed E-state index contributed by atoms with van der Waals surface area (Å²) < 4.78 is 0. The number of hydrogen-bond donors (Lipinski definition) is 3. The Morgan fingerprint density at radius 1 is 1.50 bits per heavy atom. The topological polar surface area (TPSA) is 75.3 Å². The van der Waals surface area contributed by atoms with Crippen LogP contribution in [0.5, 0.6) is 0 Å². The minimum absolute atomic E-state index is 0.243. The molecular weight excluding hydrogens is 276 g/mol. The van der Waals surface area contributed by atoms with Crippen molar-refractivity contribution in [3.63, 3.8) is 0 Å². The first-order valence-corrected chi connectivity index (χ1v) is 7.11. The molecule has 0 saturated heterocycles. The molecule has 1 rings (SSSR count). The molecule has 5 heteroatoms. The van der Waals surface area contributed by atoms with E-state index in [0.29, 0.717) is 22.9 Å². The summed E-state index contributed by atoms with van der Waals surface area (Å²) in [6, 6.07) is 7.03. The van der Waals surface area contributed by atoms with E-state index < -0.39 is 17.6 Å². The van der Waals surface area contributed by atoms with Crippen molar-refractivity contribution >= 4 is 17.5 Å². The molecule has 0 aromatic heterocycles. The number of nitrogens with one attached hydrogen (secondary N) is 1. The fourth-order valence-corrected chi connectivity index (χ4v) is 2.43. The molecule has 112 valence electrons. The molecule has 0 aliphatic heterocycles. The third kappa shape index (κ3) is 4.78. The highest BCUT2D eigenvalue weighted by Gasteiger charge is 2.31. The predicted molar refractivity (Wildman–Crippen MR) is 81.5 cm³/mol. The maximum absolute atomic E-state index is 11.6. The van der Waals surface area contributed by atoms with Crippen molar-refractivity contribution in [2.75, 3.05) is 6.54 Å². The highest BCUT2D eigenvalue weighted by Crippen LogP contribution is 2.20. The van der Waals surface area contributed by atoms with Gasteiger partial charge in [-0.1, -0.05) is 37.6 Å². The van der Waals surface area contributed by atoms with Crippen molar-refractivity contribution in [3.05, 3.63) is 34.9 Å². The molecule has 4 N–H and O–H groups in total. The Hall–Kier alpha value is -1.10. The number of halogens is 1. The molecule has 0 radical (unpaired) electrons. The number of primary amides is 1. The quantitative estimate of drug-likeness (QED) is 0.723. The van der Waals surface area contributed by atoms with E-state index in [0.717, 1.165) is 0 Å². The Morgan fingerprint density at radius 3 is 2.65 bits per heavy atom. The summed E-state index contributed by atoms with van der Waals surface area (Å²) in [6.07, 6.45) is -0.121. The molecule has 0 fully saturated rings. The zero-order chi connectivity index (χ0) is 15.3. The van der Waals surface area contributed by atoms with Gasteiger partial charge in [-0.2, -0.15) is 0 Å². The molecule has 2 unspecified atom stereocenters. The van der Waals surface area contributed by atoms with Crippen LogP contribution in [0.3, 0.4) is 0 Å². The summed E-state index contributed by atoms with van der Waals surface area (Å²) in [5.74, 6) is -0.0900. The van der Waals surface area contributed by atoms with Crippen molar-refractivity contribution in [2.24, 2.45) is 11.7 Å². The summed E-state index contributed by atoms with van der Waals surface area (Å²) >= 11 is 5.89. The van der Waals surface area contributed by atoms with E-state index in [2.05, 4.69) is 5.32 Å². The third-order valence-corrected chi connectivity index (χ3v) is 3.51. The van der Waals surface area contributed by atoms with E-state index in [1.807, 2.05) is 13.8 Å². The van der Waals surface area contributed by atoms with Gasteiger partial charge in [-0.25, -0.2) is 0 Å². The molecule has 0 bridgehead atoms. The molecule has 0 aliphatic rings. The first-order chi connectivity index (χ1) is 9.24. The van der Waals surface area contributed by atoms with Gasteiger partial charge in [-0.05, 0) is 37.0 Å². The lowest BCUT2D eigenvalue weighted by molar-refractivity contribution is -0.124. The molecule has 1 aromatic carbocycles. The second kappa shape index (κ2) is 7.07. The summed E-state index contributed by atoms with van der Waals surface area (Å²) in [4.78, 5) is 11.6. The van der Waals surface area contributed by atoms with Gasteiger partial charge in [0.05, 0.1) is 11.6 Å². The SMILES string of the molecule is CC(C)CC(C)(NCC(O)c1cccc(Cl)c1)C(N)=O. The maximum atomic E-state index is 11.6. The number of aliphatic hydroxyl groups is 1. The van der Waals surface area contributed by atoms with Gasteiger partial charge in [0.2, 0.25) is 5.91 Å². The van der Waals surface area contributed by atoms with Crippen molar-refractivity contribution in [2.45, 2.75) is 38.8 Å². The van der Waals surface area contributed by atoms with Gasteiger partial charge in [0.1, 0.15) is 0 Å². The first-order valence-electron chi connectivity index (χ1n) is 6.73. The van der Waals surface area contributed by atoms with Gasteiger partial charge in [0.15, 0.2) is 0 Å². The second-order valence-electron chi connectivity index (χ2n) is 5.75. The molecule has 0 heterocycles. The monoisotopic (exact) mass is 298 g/mol. The number of carbonyl (C=O) groups excluding carboxylic acids is 1. The zero-order valence-corrected chi connectivity index (χ0v) is 12.9. The van der Waals surface area contributed by atoms with Gasteiger partial charge >= 0.3 is 0 Å². The van der Waals surface area contributed by atoms with E-state index in [-0.39, 0.29) is 6.54 Å². The van der Waals surface area contributed by atoms with E-state index >= 15 is 0 Å². The van der Waals surface area contributed by atoms with E-state index in [1.165, 1.54) is 0 Å². The average molecular weight is 299 g/mol. The van der Waals surface area contributed by atoms with Gasteiger partial charge < -0.3 is 16.2 Å². The minimum atomic E-state index is -0.826. The molecule has 2 atom stereocenters. The number of β-amino-alcohol motifs (C(OH)–C–C–N with tert-alkyl or cyclic N) is 1. The summed E-state index contributed by atoms with van der Waals surface area (Å²) in [5.41, 5.74) is 5.35. The normalized spacial score (nSPS) is 15.9. The van der Waals surface area contributed by atoms with Crippen LogP contribution in [0.25, 0.3) is 0 Å². The second-order valence-corrected chi connectivity index (χ2v) is 6.18. The summed E-state index contributed by atoms with van der Waals surface area (Å²) in [6.45, 7) is 6.05. The van der Waals surface area contributed by atoms with Gasteiger partial charge in [0, 0.05) is 11.6 Å². The summed E-state index contributed by atoms with van der Waals surface area (Å²) in [7, 11) is 0. The number of amides is 1. The van der Waals surface area contributed by atoms with Crippen LogP contribution in [-0.2, 0) is 4.79 Å². The van der Waals surface area contributed by atoms with Crippen LogP contribution in [-0.4, -0.2) is 23.1 Å². The fourth-order valence-electron chi connectivity index (χ4n) is 2.23. The zero-order valence-electron chi connectivity index (χ0n) is 12.2. The van der Waals surface area contributed by atoms with Crippen LogP contribution in [0.15, 0.2) is 24.3 Å². The first kappa shape index (κ1) is 17.0.